The minimum absolute atomic E-state index is 0.988. The van der Waals surface area contributed by atoms with Crippen molar-refractivity contribution in [1.29, 1.82) is 0 Å². The number of rotatable bonds is 9. The molecule has 0 bridgehead atoms. The molecule has 3 aromatic carbocycles. The molecule has 1 aromatic heterocycles. The summed E-state index contributed by atoms with van der Waals surface area (Å²) in [5.74, 6) is 0. The van der Waals surface area contributed by atoms with Crippen LogP contribution in [0.25, 0.3) is 0 Å². The number of nitrogens with zero attached hydrogens (tertiary/aromatic N) is 1. The lowest BCUT2D eigenvalue weighted by Gasteiger charge is -2.10. The number of benzene rings is 3. The van der Waals surface area contributed by atoms with Gasteiger partial charge in [-0.1, -0.05) is 152 Å². The van der Waals surface area contributed by atoms with Crippen LogP contribution in [0.15, 0.2) is 103 Å². The van der Waals surface area contributed by atoms with Crippen LogP contribution in [0.1, 0.15) is 94.4 Å². The zero-order chi connectivity index (χ0) is 28.6. The molecule has 0 fully saturated rings. The molecule has 0 aliphatic heterocycles. The van der Waals surface area contributed by atoms with Gasteiger partial charge in [-0.05, 0) is 72.9 Å². The summed E-state index contributed by atoms with van der Waals surface area (Å²) in [7, 11) is 0. The van der Waals surface area contributed by atoms with E-state index in [4.69, 9.17) is 4.98 Å². The maximum absolute atomic E-state index is 5.02. The van der Waals surface area contributed by atoms with Gasteiger partial charge < -0.3 is 0 Å². The summed E-state index contributed by atoms with van der Waals surface area (Å²) in [5, 5.41) is 0. The summed E-state index contributed by atoms with van der Waals surface area (Å²) in [6, 6.07) is 36.8. The van der Waals surface area contributed by atoms with Crippen LogP contribution in [-0.2, 0) is 38.5 Å². The quantitative estimate of drug-likeness (QED) is 0.212. The van der Waals surface area contributed by atoms with Gasteiger partial charge in [0.05, 0.1) is 0 Å². The highest BCUT2D eigenvalue weighted by Gasteiger charge is 2.06. The molecule has 0 aliphatic carbocycles. The summed E-state index contributed by atoms with van der Waals surface area (Å²) in [6.45, 7) is 12.8. The SMILES string of the molecule is CCC.CCC.CCC.c1ccc(CCc2cc(CCc3ccccc3)nc(CCc3ccccc3)c2)cc1. The summed E-state index contributed by atoms with van der Waals surface area (Å²) >= 11 is 0. The molecular formula is C38H53N. The lowest BCUT2D eigenvalue weighted by atomic mass is 10.00. The number of hydrogen-bond donors (Lipinski definition) is 0. The van der Waals surface area contributed by atoms with Gasteiger partial charge in [0.15, 0.2) is 0 Å². The molecule has 0 N–H and O–H groups in total. The Balaban J connectivity index is 0.000000747. The standard InChI is InChI=1S/C29H29N.3C3H8/c1-4-10-24(11-5-1)16-17-27-22-28(20-18-25-12-6-2-7-13-25)30-29(23-27)21-19-26-14-8-3-9-15-26;3*1-3-2/h1-15,22-23H,16-21H2;3*3H2,1-2H3. The van der Waals surface area contributed by atoms with Crippen molar-refractivity contribution in [2.75, 3.05) is 0 Å². The van der Waals surface area contributed by atoms with Gasteiger partial charge in [0, 0.05) is 11.4 Å². The minimum Gasteiger partial charge on any atom is -0.258 e. The third kappa shape index (κ3) is 16.4. The normalized spacial score (nSPS) is 9.69. The molecule has 0 aliphatic rings. The smallest absolute Gasteiger partial charge is 0.0413 e. The van der Waals surface area contributed by atoms with Gasteiger partial charge in [0.1, 0.15) is 0 Å². The number of aromatic nitrogens is 1. The third-order valence-electron chi connectivity index (χ3n) is 5.56. The molecular weight excluding hydrogens is 470 g/mol. The average Bonchev–Trinajstić information content (AvgIpc) is 2.97. The fourth-order valence-electron chi connectivity index (χ4n) is 3.89. The fourth-order valence-corrected chi connectivity index (χ4v) is 3.89. The highest BCUT2D eigenvalue weighted by atomic mass is 14.7. The van der Waals surface area contributed by atoms with E-state index < -0.39 is 0 Å². The Morgan fingerprint density at radius 1 is 0.359 bits per heavy atom. The van der Waals surface area contributed by atoms with Gasteiger partial charge in [0.25, 0.3) is 0 Å². The maximum atomic E-state index is 5.02. The highest BCUT2D eigenvalue weighted by Crippen LogP contribution is 2.15. The van der Waals surface area contributed by atoms with Crippen molar-refractivity contribution in [1.82, 2.24) is 4.98 Å². The van der Waals surface area contributed by atoms with E-state index >= 15 is 0 Å². The second-order valence-corrected chi connectivity index (χ2v) is 10.0. The van der Waals surface area contributed by atoms with E-state index in [0.717, 1.165) is 38.5 Å². The molecule has 1 nitrogen and oxygen atoms in total. The van der Waals surface area contributed by atoms with Gasteiger partial charge in [-0.3, -0.25) is 4.98 Å². The van der Waals surface area contributed by atoms with E-state index in [1.165, 1.54) is 52.9 Å². The van der Waals surface area contributed by atoms with Crippen molar-refractivity contribution in [2.45, 2.75) is 99.3 Å². The van der Waals surface area contributed by atoms with Crippen LogP contribution in [0.4, 0.5) is 0 Å². The largest absolute Gasteiger partial charge is 0.258 e. The Kier molecular flexibility index (Phi) is 19.8. The predicted molar refractivity (Wildman–Crippen MR) is 174 cm³/mol. The number of hydrogen-bond acceptors (Lipinski definition) is 1. The lowest BCUT2D eigenvalue weighted by Crippen LogP contribution is -2.03. The molecule has 0 unspecified atom stereocenters. The van der Waals surface area contributed by atoms with Crippen molar-refractivity contribution in [3.05, 3.63) is 137 Å². The topological polar surface area (TPSA) is 12.9 Å². The highest BCUT2D eigenvalue weighted by molar-refractivity contribution is 5.26. The van der Waals surface area contributed by atoms with E-state index in [9.17, 15) is 0 Å². The van der Waals surface area contributed by atoms with Crippen LogP contribution < -0.4 is 0 Å². The molecule has 1 heteroatoms. The summed E-state index contributed by atoms with van der Waals surface area (Å²) < 4.78 is 0. The van der Waals surface area contributed by atoms with Crippen molar-refractivity contribution in [2.24, 2.45) is 0 Å². The first-order valence-corrected chi connectivity index (χ1v) is 15.2. The Morgan fingerprint density at radius 3 is 0.923 bits per heavy atom. The molecule has 0 radical (unpaired) electrons. The lowest BCUT2D eigenvalue weighted by molar-refractivity contribution is 0.840. The molecule has 1 heterocycles. The van der Waals surface area contributed by atoms with E-state index in [2.05, 4.69) is 145 Å². The first-order chi connectivity index (χ1) is 19.1. The van der Waals surface area contributed by atoms with Crippen LogP contribution in [0.2, 0.25) is 0 Å². The van der Waals surface area contributed by atoms with Gasteiger partial charge >= 0.3 is 0 Å². The first kappa shape index (κ1) is 33.8. The van der Waals surface area contributed by atoms with Crippen LogP contribution >= 0.6 is 0 Å². The van der Waals surface area contributed by atoms with Crippen molar-refractivity contribution in [3.63, 3.8) is 0 Å². The van der Waals surface area contributed by atoms with Crippen LogP contribution in [0.5, 0.6) is 0 Å². The van der Waals surface area contributed by atoms with Crippen molar-refractivity contribution in [3.8, 4) is 0 Å². The minimum atomic E-state index is 0.988. The average molecular weight is 524 g/mol. The molecule has 4 rings (SSSR count). The van der Waals surface area contributed by atoms with Crippen molar-refractivity contribution < 1.29 is 0 Å². The first-order valence-electron chi connectivity index (χ1n) is 15.2. The zero-order valence-corrected chi connectivity index (χ0v) is 25.6. The second-order valence-electron chi connectivity index (χ2n) is 10.0. The molecule has 0 spiro atoms. The molecule has 0 amide bonds. The molecule has 4 aromatic rings. The number of aryl methyl sites for hydroxylation is 6. The molecule has 0 saturated heterocycles. The van der Waals surface area contributed by atoms with Crippen molar-refractivity contribution >= 4 is 0 Å². The summed E-state index contributed by atoms with van der Waals surface area (Å²) in [6.07, 6.45) is 9.93. The summed E-state index contributed by atoms with van der Waals surface area (Å²) in [5.41, 5.74) is 7.98. The molecule has 210 valence electrons. The van der Waals surface area contributed by atoms with E-state index in [1.54, 1.807) is 0 Å². The van der Waals surface area contributed by atoms with Gasteiger partial charge in [-0.15, -0.1) is 0 Å². The van der Waals surface area contributed by atoms with Crippen LogP contribution in [-0.4, -0.2) is 4.98 Å². The predicted octanol–water partition coefficient (Wildman–Crippen LogP) is 10.7. The summed E-state index contributed by atoms with van der Waals surface area (Å²) in [4.78, 5) is 5.02. The molecule has 0 saturated carbocycles. The Bertz CT molecular complexity index is 918. The molecule has 39 heavy (non-hydrogen) atoms. The van der Waals surface area contributed by atoms with Gasteiger partial charge in [-0.2, -0.15) is 0 Å². The second kappa shape index (κ2) is 22.8. The maximum Gasteiger partial charge on any atom is 0.0413 e. The van der Waals surface area contributed by atoms with Crippen LogP contribution in [0, 0.1) is 0 Å². The molecule has 0 atom stereocenters. The fraction of sp³-hybridized carbons (Fsp3) is 0.395. The number of pyridine rings is 1. The zero-order valence-electron chi connectivity index (χ0n) is 25.6. The van der Waals surface area contributed by atoms with E-state index in [1.807, 2.05) is 0 Å². The van der Waals surface area contributed by atoms with Gasteiger partial charge in [-0.25, -0.2) is 0 Å². The van der Waals surface area contributed by atoms with E-state index in [-0.39, 0.29) is 0 Å². The monoisotopic (exact) mass is 523 g/mol. The Labute approximate surface area is 240 Å². The third-order valence-corrected chi connectivity index (χ3v) is 5.56. The van der Waals surface area contributed by atoms with Crippen LogP contribution in [0.3, 0.4) is 0 Å². The Hall–Kier alpha value is -3.19. The van der Waals surface area contributed by atoms with E-state index in [0.29, 0.717) is 0 Å². The Morgan fingerprint density at radius 2 is 0.615 bits per heavy atom. The van der Waals surface area contributed by atoms with Gasteiger partial charge in [0.2, 0.25) is 0 Å².